The fourth-order valence-electron chi connectivity index (χ4n) is 4.72. The first-order valence-electron chi connectivity index (χ1n) is 11.9. The van der Waals surface area contributed by atoms with Crippen molar-refractivity contribution in [2.45, 2.75) is 45.8 Å². The van der Waals surface area contributed by atoms with Gasteiger partial charge in [0.25, 0.3) is 5.91 Å². The number of anilines is 1. The van der Waals surface area contributed by atoms with Crippen LogP contribution in [-0.4, -0.2) is 60.8 Å². The summed E-state index contributed by atoms with van der Waals surface area (Å²) in [6.07, 6.45) is 3.46. The molecule has 2 fully saturated rings. The van der Waals surface area contributed by atoms with Gasteiger partial charge < -0.3 is 24.4 Å². The van der Waals surface area contributed by atoms with E-state index >= 15 is 0 Å². The first kappa shape index (κ1) is 22.6. The van der Waals surface area contributed by atoms with E-state index < -0.39 is 0 Å². The lowest BCUT2D eigenvalue weighted by Gasteiger charge is -2.49. The molecule has 0 unspecified atom stereocenters. The second-order valence-electron chi connectivity index (χ2n) is 9.34. The molecule has 2 aromatic rings. The zero-order valence-corrected chi connectivity index (χ0v) is 19.3. The van der Waals surface area contributed by atoms with Crippen molar-refractivity contribution < 1.29 is 14.2 Å². The van der Waals surface area contributed by atoms with Crippen LogP contribution in [0.1, 0.15) is 49.0 Å². The van der Waals surface area contributed by atoms with Crippen molar-refractivity contribution in [1.82, 2.24) is 4.90 Å². The number of benzene rings is 2. The summed E-state index contributed by atoms with van der Waals surface area (Å²) in [5.74, 6) is 0.966. The maximum atomic E-state index is 13.5. The number of piperazine rings is 1. The van der Waals surface area contributed by atoms with Gasteiger partial charge in [-0.15, -0.1) is 0 Å². The zero-order chi connectivity index (χ0) is 22.6. The standard InChI is InChI=1S/C26H35N3O3/c1-21(2)32-25-12-5-4-11-24(25)27-15-17-29(31,18-16-27)20-22-9-8-10-23(19-22)26(30)28-13-6-3-7-14-28/h4-5,8-12,19,21H,3,6-7,13-18,20H2,1-2H3. The molecule has 0 aliphatic carbocycles. The lowest BCUT2D eigenvalue weighted by molar-refractivity contribution is -0.894. The molecule has 0 N–H and O–H groups in total. The summed E-state index contributed by atoms with van der Waals surface area (Å²) in [6, 6.07) is 15.7. The number of amides is 1. The van der Waals surface area contributed by atoms with Gasteiger partial charge in [0.05, 0.1) is 38.0 Å². The third kappa shape index (κ3) is 5.43. The van der Waals surface area contributed by atoms with E-state index in [2.05, 4.69) is 11.0 Å². The van der Waals surface area contributed by atoms with Crippen LogP contribution in [0.4, 0.5) is 5.69 Å². The molecule has 6 nitrogen and oxygen atoms in total. The molecule has 2 aromatic carbocycles. The molecule has 0 atom stereocenters. The summed E-state index contributed by atoms with van der Waals surface area (Å²) in [5.41, 5.74) is 2.70. The molecule has 0 saturated carbocycles. The molecule has 172 valence electrons. The van der Waals surface area contributed by atoms with E-state index in [4.69, 9.17) is 4.74 Å². The van der Waals surface area contributed by atoms with Crippen LogP contribution < -0.4 is 9.64 Å². The van der Waals surface area contributed by atoms with E-state index in [9.17, 15) is 10.0 Å². The predicted octanol–water partition coefficient (Wildman–Crippen LogP) is 4.43. The normalized spacial score (nSPS) is 18.6. The Balaban J connectivity index is 1.40. The Bertz CT molecular complexity index is 916. The summed E-state index contributed by atoms with van der Waals surface area (Å²) >= 11 is 0. The Morgan fingerprint density at radius 1 is 1.00 bits per heavy atom. The molecule has 2 heterocycles. The van der Waals surface area contributed by atoms with Crippen LogP contribution in [0.15, 0.2) is 48.5 Å². The molecule has 0 bridgehead atoms. The highest BCUT2D eigenvalue weighted by Crippen LogP contribution is 2.31. The van der Waals surface area contributed by atoms with Gasteiger partial charge in [-0.25, -0.2) is 0 Å². The van der Waals surface area contributed by atoms with Crippen molar-refractivity contribution in [1.29, 1.82) is 0 Å². The van der Waals surface area contributed by atoms with Crippen molar-refractivity contribution in [3.63, 3.8) is 0 Å². The van der Waals surface area contributed by atoms with E-state index in [-0.39, 0.29) is 16.7 Å². The van der Waals surface area contributed by atoms with Crippen molar-refractivity contribution >= 4 is 11.6 Å². The Kier molecular flexibility index (Phi) is 7.01. The van der Waals surface area contributed by atoms with Gasteiger partial charge in [0.15, 0.2) is 0 Å². The Labute approximate surface area is 191 Å². The molecule has 0 radical (unpaired) electrons. The first-order valence-corrected chi connectivity index (χ1v) is 11.9. The van der Waals surface area contributed by atoms with E-state index in [1.807, 2.05) is 61.2 Å². The molecule has 6 heteroatoms. The number of nitrogens with zero attached hydrogens (tertiary/aromatic N) is 3. The molecular weight excluding hydrogens is 402 g/mol. The van der Waals surface area contributed by atoms with E-state index in [0.29, 0.717) is 38.3 Å². The van der Waals surface area contributed by atoms with Crippen LogP contribution in [0.25, 0.3) is 0 Å². The number of para-hydroxylation sites is 2. The molecule has 0 spiro atoms. The smallest absolute Gasteiger partial charge is 0.253 e. The minimum atomic E-state index is -0.259. The van der Waals surface area contributed by atoms with Crippen LogP contribution in [0, 0.1) is 5.21 Å². The number of ether oxygens (including phenoxy) is 1. The van der Waals surface area contributed by atoms with Crippen LogP contribution in [0.3, 0.4) is 0 Å². The Morgan fingerprint density at radius 3 is 2.44 bits per heavy atom. The number of carbonyl (C=O) groups excluding carboxylic acids is 1. The molecule has 2 aliphatic heterocycles. The van der Waals surface area contributed by atoms with Crippen LogP contribution >= 0.6 is 0 Å². The molecule has 32 heavy (non-hydrogen) atoms. The van der Waals surface area contributed by atoms with Crippen molar-refractivity contribution in [3.05, 3.63) is 64.9 Å². The maximum absolute atomic E-state index is 13.5. The average molecular weight is 438 g/mol. The number of piperidine rings is 1. The lowest BCUT2D eigenvalue weighted by Crippen LogP contribution is -2.55. The molecular formula is C26H35N3O3. The number of likely N-dealkylation sites (tertiary alicyclic amines) is 1. The highest BCUT2D eigenvalue weighted by molar-refractivity contribution is 5.94. The fraction of sp³-hybridized carbons (Fsp3) is 0.500. The summed E-state index contributed by atoms with van der Waals surface area (Å²) in [7, 11) is 0. The Hall–Kier alpha value is -2.57. The predicted molar refractivity (Wildman–Crippen MR) is 128 cm³/mol. The third-order valence-corrected chi connectivity index (χ3v) is 6.41. The van der Waals surface area contributed by atoms with Crippen LogP contribution in [0.2, 0.25) is 0 Å². The molecule has 2 saturated heterocycles. The number of hydrogen-bond acceptors (Lipinski definition) is 4. The van der Waals surface area contributed by atoms with Crippen molar-refractivity contribution in [2.24, 2.45) is 0 Å². The summed E-state index contributed by atoms with van der Waals surface area (Å²) in [5, 5.41) is 13.5. The number of hydroxylamine groups is 3. The minimum Gasteiger partial charge on any atom is -0.632 e. The average Bonchev–Trinajstić information content (AvgIpc) is 2.80. The van der Waals surface area contributed by atoms with E-state index in [1.165, 1.54) is 6.42 Å². The monoisotopic (exact) mass is 437 g/mol. The van der Waals surface area contributed by atoms with E-state index in [0.717, 1.165) is 42.9 Å². The van der Waals surface area contributed by atoms with Crippen LogP contribution in [-0.2, 0) is 6.54 Å². The van der Waals surface area contributed by atoms with Gasteiger partial charge >= 0.3 is 0 Å². The first-order chi connectivity index (χ1) is 15.4. The topological polar surface area (TPSA) is 55.8 Å². The van der Waals surface area contributed by atoms with Crippen LogP contribution in [0.5, 0.6) is 5.75 Å². The fourth-order valence-corrected chi connectivity index (χ4v) is 4.72. The summed E-state index contributed by atoms with van der Waals surface area (Å²) in [6.45, 7) is 8.53. The maximum Gasteiger partial charge on any atom is 0.253 e. The number of quaternary nitrogens is 1. The molecule has 0 aromatic heterocycles. The number of carbonyl (C=O) groups is 1. The SMILES string of the molecule is CC(C)Oc1ccccc1N1CC[N+]([O-])(Cc2cccc(C(=O)N3CCCCC3)c2)CC1. The molecule has 1 amide bonds. The highest BCUT2D eigenvalue weighted by Gasteiger charge is 2.28. The number of rotatable bonds is 6. The van der Waals surface area contributed by atoms with Gasteiger partial charge in [-0.2, -0.15) is 0 Å². The quantitative estimate of drug-likeness (QED) is 0.495. The lowest BCUT2D eigenvalue weighted by atomic mass is 10.1. The van der Waals surface area contributed by atoms with Crippen molar-refractivity contribution in [2.75, 3.05) is 44.2 Å². The summed E-state index contributed by atoms with van der Waals surface area (Å²) in [4.78, 5) is 17.1. The summed E-state index contributed by atoms with van der Waals surface area (Å²) < 4.78 is 5.71. The van der Waals surface area contributed by atoms with Gasteiger partial charge in [-0.05, 0) is 57.4 Å². The van der Waals surface area contributed by atoms with Gasteiger partial charge in [0.2, 0.25) is 0 Å². The van der Waals surface area contributed by atoms with Gasteiger partial charge in [-0.3, -0.25) is 4.79 Å². The third-order valence-electron chi connectivity index (χ3n) is 6.41. The second-order valence-corrected chi connectivity index (χ2v) is 9.34. The largest absolute Gasteiger partial charge is 0.632 e. The number of hydrogen-bond donors (Lipinski definition) is 0. The molecule has 4 rings (SSSR count). The van der Waals surface area contributed by atoms with Gasteiger partial charge in [0, 0.05) is 24.2 Å². The minimum absolute atomic E-state index is 0.0931. The van der Waals surface area contributed by atoms with Gasteiger partial charge in [0.1, 0.15) is 12.3 Å². The second kappa shape index (κ2) is 9.92. The molecule has 2 aliphatic rings. The Morgan fingerprint density at radius 2 is 1.72 bits per heavy atom. The van der Waals surface area contributed by atoms with E-state index in [1.54, 1.807) is 0 Å². The zero-order valence-electron chi connectivity index (χ0n) is 19.3. The van der Waals surface area contributed by atoms with Crippen molar-refractivity contribution in [3.8, 4) is 5.75 Å². The highest BCUT2D eigenvalue weighted by atomic mass is 16.5. The van der Waals surface area contributed by atoms with Gasteiger partial charge in [-0.1, -0.05) is 24.3 Å².